The fourth-order valence-electron chi connectivity index (χ4n) is 2.59. The van der Waals surface area contributed by atoms with Crippen molar-refractivity contribution < 1.29 is 0 Å². The van der Waals surface area contributed by atoms with Gasteiger partial charge in [0.15, 0.2) is 0 Å². The van der Waals surface area contributed by atoms with Crippen molar-refractivity contribution >= 4 is 0 Å². The summed E-state index contributed by atoms with van der Waals surface area (Å²) in [5, 5.41) is 3.60. The first-order valence-electron chi connectivity index (χ1n) is 7.63. The van der Waals surface area contributed by atoms with Crippen LogP contribution < -0.4 is 5.32 Å². The molecule has 1 rings (SSSR count). The Morgan fingerprint density at radius 2 is 1.94 bits per heavy atom. The molecule has 0 aliphatic carbocycles. The third-order valence-corrected chi connectivity index (χ3v) is 4.37. The summed E-state index contributed by atoms with van der Waals surface area (Å²) < 4.78 is 0. The first-order valence-corrected chi connectivity index (χ1v) is 7.63. The van der Waals surface area contributed by atoms with Crippen molar-refractivity contribution in [3.63, 3.8) is 0 Å². The van der Waals surface area contributed by atoms with Crippen LogP contribution in [-0.4, -0.2) is 61.2 Å². The van der Waals surface area contributed by atoms with E-state index >= 15 is 0 Å². The van der Waals surface area contributed by atoms with Gasteiger partial charge in [-0.3, -0.25) is 9.80 Å². The van der Waals surface area contributed by atoms with Crippen LogP contribution in [0.1, 0.15) is 47.0 Å². The van der Waals surface area contributed by atoms with Crippen LogP contribution in [0.4, 0.5) is 0 Å². The molecule has 1 fully saturated rings. The maximum Gasteiger partial charge on any atom is 0.0277 e. The Balaban J connectivity index is 2.23. The van der Waals surface area contributed by atoms with Gasteiger partial charge in [0.1, 0.15) is 0 Å². The molecule has 1 saturated heterocycles. The van der Waals surface area contributed by atoms with Crippen molar-refractivity contribution in [3.8, 4) is 0 Å². The Labute approximate surface area is 114 Å². The van der Waals surface area contributed by atoms with Crippen molar-refractivity contribution in [2.24, 2.45) is 0 Å². The van der Waals surface area contributed by atoms with Crippen LogP contribution in [0.5, 0.6) is 0 Å². The van der Waals surface area contributed by atoms with Gasteiger partial charge in [0, 0.05) is 37.8 Å². The minimum atomic E-state index is 0.314. The zero-order chi connectivity index (χ0) is 13.6. The van der Waals surface area contributed by atoms with E-state index in [1.807, 2.05) is 0 Å². The molecule has 0 saturated carbocycles. The van der Waals surface area contributed by atoms with Crippen molar-refractivity contribution in [3.05, 3.63) is 0 Å². The largest absolute Gasteiger partial charge is 0.315 e. The van der Waals surface area contributed by atoms with Crippen LogP contribution in [0.3, 0.4) is 0 Å². The maximum atomic E-state index is 3.60. The Kier molecular flexibility index (Phi) is 6.61. The Hall–Kier alpha value is -0.120. The zero-order valence-corrected chi connectivity index (χ0v) is 13.1. The first-order chi connectivity index (χ1) is 8.47. The molecule has 0 amide bonds. The van der Waals surface area contributed by atoms with Gasteiger partial charge in [0.05, 0.1) is 0 Å². The first kappa shape index (κ1) is 15.9. The maximum absolute atomic E-state index is 3.60. The molecule has 1 aliphatic heterocycles. The standard InChI is InChI=1S/C15H33N3/c1-6-7-8-9-16-12-14(2)18-11-10-17(5)15(3,4)13-18/h14,16H,6-13H2,1-5H3. The molecule has 1 atom stereocenters. The monoisotopic (exact) mass is 255 g/mol. The molecule has 0 spiro atoms. The molecule has 0 bridgehead atoms. The molecule has 18 heavy (non-hydrogen) atoms. The van der Waals surface area contributed by atoms with Gasteiger partial charge in [0.2, 0.25) is 0 Å². The lowest BCUT2D eigenvalue weighted by molar-refractivity contribution is 0.0208. The van der Waals surface area contributed by atoms with Crippen LogP contribution in [-0.2, 0) is 0 Å². The predicted octanol–water partition coefficient (Wildman–Crippen LogP) is 2.18. The molecular weight excluding hydrogens is 222 g/mol. The van der Waals surface area contributed by atoms with Crippen molar-refractivity contribution in [1.29, 1.82) is 0 Å². The average molecular weight is 255 g/mol. The van der Waals surface area contributed by atoms with Gasteiger partial charge < -0.3 is 5.32 Å². The summed E-state index contributed by atoms with van der Waals surface area (Å²) in [5.41, 5.74) is 0.314. The lowest BCUT2D eigenvalue weighted by Crippen LogP contribution is -2.60. The molecule has 1 heterocycles. The normalized spacial score (nSPS) is 23.2. The average Bonchev–Trinajstić information content (AvgIpc) is 2.32. The summed E-state index contributed by atoms with van der Waals surface area (Å²) in [6, 6.07) is 0.652. The number of rotatable bonds is 7. The summed E-state index contributed by atoms with van der Waals surface area (Å²) in [6.45, 7) is 15.2. The van der Waals surface area contributed by atoms with Gasteiger partial charge in [0.25, 0.3) is 0 Å². The van der Waals surface area contributed by atoms with Crippen LogP contribution in [0.2, 0.25) is 0 Å². The Bertz CT molecular complexity index is 228. The smallest absolute Gasteiger partial charge is 0.0277 e. The molecular formula is C15H33N3. The Morgan fingerprint density at radius 3 is 2.56 bits per heavy atom. The second kappa shape index (κ2) is 7.46. The molecule has 1 N–H and O–H groups in total. The second-order valence-corrected chi connectivity index (χ2v) is 6.46. The summed E-state index contributed by atoms with van der Waals surface area (Å²) in [6.07, 6.45) is 3.98. The molecule has 1 unspecified atom stereocenters. The SMILES string of the molecule is CCCCCNCC(C)N1CCN(C)C(C)(C)C1. The van der Waals surface area contributed by atoms with E-state index in [2.05, 4.69) is 49.9 Å². The number of likely N-dealkylation sites (N-methyl/N-ethyl adjacent to an activating group) is 1. The lowest BCUT2D eigenvalue weighted by atomic mass is 9.98. The van der Waals surface area contributed by atoms with Gasteiger partial charge in [-0.1, -0.05) is 19.8 Å². The molecule has 3 nitrogen and oxygen atoms in total. The lowest BCUT2D eigenvalue weighted by Gasteiger charge is -2.47. The number of nitrogens with one attached hydrogen (secondary N) is 1. The highest BCUT2D eigenvalue weighted by molar-refractivity contribution is 4.90. The van der Waals surface area contributed by atoms with Crippen LogP contribution in [0.15, 0.2) is 0 Å². The third kappa shape index (κ3) is 4.87. The fraction of sp³-hybridized carbons (Fsp3) is 1.00. The van der Waals surface area contributed by atoms with Crippen LogP contribution in [0.25, 0.3) is 0 Å². The minimum absolute atomic E-state index is 0.314. The van der Waals surface area contributed by atoms with Crippen LogP contribution in [0, 0.1) is 0 Å². The van der Waals surface area contributed by atoms with E-state index in [-0.39, 0.29) is 0 Å². The molecule has 0 aromatic carbocycles. The highest BCUT2D eigenvalue weighted by atomic mass is 15.3. The van der Waals surface area contributed by atoms with Gasteiger partial charge in [-0.05, 0) is 40.8 Å². The number of hydrogen-bond acceptors (Lipinski definition) is 3. The van der Waals surface area contributed by atoms with Gasteiger partial charge >= 0.3 is 0 Å². The van der Waals surface area contributed by atoms with Crippen molar-refractivity contribution in [1.82, 2.24) is 15.1 Å². The highest BCUT2D eigenvalue weighted by Gasteiger charge is 2.32. The zero-order valence-electron chi connectivity index (χ0n) is 13.1. The minimum Gasteiger partial charge on any atom is -0.315 e. The van der Waals surface area contributed by atoms with E-state index < -0.39 is 0 Å². The van der Waals surface area contributed by atoms with Crippen molar-refractivity contribution in [2.45, 2.75) is 58.5 Å². The third-order valence-electron chi connectivity index (χ3n) is 4.37. The van der Waals surface area contributed by atoms with Crippen molar-refractivity contribution in [2.75, 3.05) is 39.8 Å². The Morgan fingerprint density at radius 1 is 1.22 bits per heavy atom. The summed E-state index contributed by atoms with van der Waals surface area (Å²) in [5.74, 6) is 0. The molecule has 0 radical (unpaired) electrons. The van der Waals surface area contributed by atoms with E-state index in [1.54, 1.807) is 0 Å². The number of hydrogen-bond donors (Lipinski definition) is 1. The number of piperazine rings is 1. The predicted molar refractivity (Wildman–Crippen MR) is 80.1 cm³/mol. The summed E-state index contributed by atoms with van der Waals surface area (Å²) in [4.78, 5) is 5.11. The molecule has 1 aliphatic rings. The van der Waals surface area contributed by atoms with E-state index in [1.165, 1.54) is 45.4 Å². The molecule has 108 valence electrons. The summed E-state index contributed by atoms with van der Waals surface area (Å²) in [7, 11) is 2.24. The van der Waals surface area contributed by atoms with Gasteiger partial charge in [-0.15, -0.1) is 0 Å². The molecule has 0 aromatic rings. The highest BCUT2D eigenvalue weighted by Crippen LogP contribution is 2.20. The summed E-state index contributed by atoms with van der Waals surface area (Å²) >= 11 is 0. The van der Waals surface area contributed by atoms with E-state index in [0.29, 0.717) is 11.6 Å². The topological polar surface area (TPSA) is 18.5 Å². The molecule has 0 aromatic heterocycles. The van der Waals surface area contributed by atoms with E-state index in [4.69, 9.17) is 0 Å². The number of nitrogens with zero attached hydrogens (tertiary/aromatic N) is 2. The molecule has 3 heteroatoms. The van der Waals surface area contributed by atoms with Gasteiger partial charge in [-0.25, -0.2) is 0 Å². The second-order valence-electron chi connectivity index (χ2n) is 6.46. The van der Waals surface area contributed by atoms with Gasteiger partial charge in [-0.2, -0.15) is 0 Å². The van der Waals surface area contributed by atoms with E-state index in [9.17, 15) is 0 Å². The van der Waals surface area contributed by atoms with Crippen LogP contribution >= 0.6 is 0 Å². The van der Waals surface area contributed by atoms with E-state index in [0.717, 1.165) is 6.54 Å². The fourth-order valence-corrected chi connectivity index (χ4v) is 2.59. The quantitative estimate of drug-likeness (QED) is 0.704. The number of unbranched alkanes of at least 4 members (excludes halogenated alkanes) is 2.